The van der Waals surface area contributed by atoms with Gasteiger partial charge in [0.25, 0.3) is 5.91 Å². The van der Waals surface area contributed by atoms with Crippen molar-refractivity contribution in [1.82, 2.24) is 5.32 Å². The van der Waals surface area contributed by atoms with Crippen LogP contribution in [0.25, 0.3) is 0 Å². The molecule has 0 unspecified atom stereocenters. The summed E-state index contributed by atoms with van der Waals surface area (Å²) >= 11 is 0. The van der Waals surface area contributed by atoms with Crippen molar-refractivity contribution >= 4 is 23.5 Å². The maximum atomic E-state index is 13.1. The summed E-state index contributed by atoms with van der Waals surface area (Å²) < 4.78 is 35.7. The molecule has 0 radical (unpaired) electrons. The topological polar surface area (TPSA) is 118 Å². The Labute approximate surface area is 164 Å². The summed E-state index contributed by atoms with van der Waals surface area (Å²) in [6.45, 7) is -1.54. The molecule has 0 aliphatic heterocycles. The smallest absolute Gasteiger partial charge is 0.344 e. The van der Waals surface area contributed by atoms with Crippen molar-refractivity contribution in [2.45, 2.75) is 0 Å². The van der Waals surface area contributed by atoms with E-state index >= 15 is 0 Å². The summed E-state index contributed by atoms with van der Waals surface area (Å²) in [5.74, 6) is -4.06. The predicted molar refractivity (Wildman–Crippen MR) is 95.6 cm³/mol. The normalized spacial score (nSPS) is 9.83. The van der Waals surface area contributed by atoms with Crippen LogP contribution in [0.15, 0.2) is 42.5 Å². The third-order valence-electron chi connectivity index (χ3n) is 3.35. The number of rotatable bonds is 8. The van der Waals surface area contributed by atoms with E-state index in [9.17, 15) is 23.2 Å². The highest BCUT2D eigenvalue weighted by Crippen LogP contribution is 2.13. The van der Waals surface area contributed by atoms with E-state index in [2.05, 4.69) is 10.6 Å². The Morgan fingerprint density at radius 1 is 0.966 bits per heavy atom. The van der Waals surface area contributed by atoms with E-state index in [1.165, 1.54) is 24.3 Å². The van der Waals surface area contributed by atoms with E-state index in [1.807, 2.05) is 6.07 Å². The molecule has 0 aromatic heterocycles. The summed E-state index contributed by atoms with van der Waals surface area (Å²) in [7, 11) is 0. The number of carbonyl (C=O) groups excluding carboxylic acids is 3. The molecule has 2 aromatic rings. The molecule has 0 aliphatic carbocycles. The average molecular weight is 403 g/mol. The van der Waals surface area contributed by atoms with Gasteiger partial charge in [0.15, 0.2) is 24.8 Å². The molecule has 8 nitrogen and oxygen atoms in total. The second-order valence-electron chi connectivity index (χ2n) is 5.54. The van der Waals surface area contributed by atoms with E-state index in [1.54, 1.807) is 0 Å². The van der Waals surface area contributed by atoms with E-state index in [-0.39, 0.29) is 5.69 Å². The zero-order chi connectivity index (χ0) is 21.2. The van der Waals surface area contributed by atoms with Crippen molar-refractivity contribution in [2.75, 3.05) is 25.1 Å². The van der Waals surface area contributed by atoms with Gasteiger partial charge in [0.05, 0.1) is 18.2 Å². The summed E-state index contributed by atoms with van der Waals surface area (Å²) in [6.07, 6.45) is 0. The molecule has 2 aromatic carbocycles. The van der Waals surface area contributed by atoms with Crippen molar-refractivity contribution in [2.24, 2.45) is 0 Å². The van der Waals surface area contributed by atoms with Gasteiger partial charge in [0, 0.05) is 11.8 Å². The van der Waals surface area contributed by atoms with E-state index in [4.69, 9.17) is 14.7 Å². The van der Waals surface area contributed by atoms with Crippen LogP contribution in [0.4, 0.5) is 14.5 Å². The van der Waals surface area contributed by atoms with Crippen LogP contribution in [0.3, 0.4) is 0 Å². The first-order chi connectivity index (χ1) is 13.9. The van der Waals surface area contributed by atoms with Gasteiger partial charge in [-0.15, -0.1) is 0 Å². The Balaban J connectivity index is 1.65. The maximum absolute atomic E-state index is 13.1. The highest BCUT2D eigenvalue weighted by atomic mass is 19.2. The lowest BCUT2D eigenvalue weighted by Gasteiger charge is -2.09. The molecule has 2 rings (SSSR count). The number of carbonyl (C=O) groups is 3. The molecule has 150 valence electrons. The SMILES string of the molecule is N#Cc1ccc(OCC(=O)OCC(=O)NCC(=O)Nc2ccc(F)c(F)c2)cc1. The Morgan fingerprint density at radius 2 is 1.69 bits per heavy atom. The minimum Gasteiger partial charge on any atom is -0.482 e. The Bertz CT molecular complexity index is 942. The molecule has 0 aliphatic rings. The van der Waals surface area contributed by atoms with Crippen LogP contribution in [0.2, 0.25) is 0 Å². The van der Waals surface area contributed by atoms with E-state index < -0.39 is 49.2 Å². The molecule has 0 heterocycles. The number of amides is 2. The lowest BCUT2D eigenvalue weighted by atomic mass is 10.2. The second kappa shape index (κ2) is 10.4. The largest absolute Gasteiger partial charge is 0.482 e. The van der Waals surface area contributed by atoms with Gasteiger partial charge in [-0.3, -0.25) is 9.59 Å². The number of esters is 1. The van der Waals surface area contributed by atoms with E-state index in [0.29, 0.717) is 11.3 Å². The van der Waals surface area contributed by atoms with Crippen molar-refractivity contribution in [3.05, 3.63) is 59.7 Å². The van der Waals surface area contributed by atoms with Crippen LogP contribution < -0.4 is 15.4 Å². The summed E-state index contributed by atoms with van der Waals surface area (Å²) in [5.41, 5.74) is 0.458. The molecule has 0 atom stereocenters. The lowest BCUT2D eigenvalue weighted by molar-refractivity contribution is -0.150. The second-order valence-corrected chi connectivity index (χ2v) is 5.54. The number of nitrogens with one attached hydrogen (secondary N) is 2. The highest BCUT2D eigenvalue weighted by Gasteiger charge is 2.11. The van der Waals surface area contributed by atoms with Crippen molar-refractivity contribution in [1.29, 1.82) is 5.26 Å². The molecule has 2 N–H and O–H groups in total. The first-order valence-corrected chi connectivity index (χ1v) is 8.17. The molecule has 10 heteroatoms. The van der Waals surface area contributed by atoms with Gasteiger partial charge in [-0.05, 0) is 36.4 Å². The molecule has 2 amide bonds. The van der Waals surface area contributed by atoms with Crippen molar-refractivity contribution in [3.8, 4) is 11.8 Å². The Morgan fingerprint density at radius 3 is 2.34 bits per heavy atom. The first kappa shape index (κ1) is 21.3. The van der Waals surface area contributed by atoms with Gasteiger partial charge < -0.3 is 20.1 Å². The first-order valence-electron chi connectivity index (χ1n) is 8.17. The molecule has 29 heavy (non-hydrogen) atoms. The highest BCUT2D eigenvalue weighted by molar-refractivity contribution is 5.94. The average Bonchev–Trinajstić information content (AvgIpc) is 2.72. The summed E-state index contributed by atoms with van der Waals surface area (Å²) in [6, 6.07) is 10.8. The van der Waals surface area contributed by atoms with E-state index in [0.717, 1.165) is 18.2 Å². The van der Waals surface area contributed by atoms with Gasteiger partial charge in [0.1, 0.15) is 5.75 Å². The van der Waals surface area contributed by atoms with Crippen LogP contribution in [0.5, 0.6) is 5.75 Å². The number of benzene rings is 2. The molecule has 0 spiro atoms. The van der Waals surface area contributed by atoms with Crippen LogP contribution in [0, 0.1) is 23.0 Å². The van der Waals surface area contributed by atoms with Gasteiger partial charge in [0.2, 0.25) is 5.91 Å². The fraction of sp³-hybridized carbons (Fsp3) is 0.158. The molecular weight excluding hydrogens is 388 g/mol. The number of anilines is 1. The number of hydrogen-bond donors (Lipinski definition) is 2. The van der Waals surface area contributed by atoms with Crippen LogP contribution in [-0.4, -0.2) is 37.5 Å². The number of halogens is 2. The van der Waals surface area contributed by atoms with Crippen molar-refractivity contribution < 1.29 is 32.6 Å². The zero-order valence-corrected chi connectivity index (χ0v) is 14.9. The Hall–Kier alpha value is -4.00. The number of ether oxygens (including phenoxy) is 2. The van der Waals surface area contributed by atoms with Gasteiger partial charge in [-0.2, -0.15) is 5.26 Å². The van der Waals surface area contributed by atoms with Crippen LogP contribution in [-0.2, 0) is 19.1 Å². The maximum Gasteiger partial charge on any atom is 0.344 e. The fourth-order valence-corrected chi connectivity index (χ4v) is 1.96. The lowest BCUT2D eigenvalue weighted by Crippen LogP contribution is -2.36. The van der Waals surface area contributed by atoms with Crippen LogP contribution in [0.1, 0.15) is 5.56 Å². The predicted octanol–water partition coefficient (Wildman–Crippen LogP) is 1.51. The fourth-order valence-electron chi connectivity index (χ4n) is 1.96. The standard InChI is InChI=1S/C19H15F2N3O5/c20-15-6-3-13(7-16(15)21)24-17(25)9-23-18(26)10-29-19(27)11-28-14-4-1-12(8-22)2-5-14/h1-7H,9-11H2,(H,23,26)(H,24,25). The monoisotopic (exact) mass is 403 g/mol. The summed E-state index contributed by atoms with van der Waals surface area (Å²) in [4.78, 5) is 34.8. The zero-order valence-electron chi connectivity index (χ0n) is 14.9. The molecular formula is C19H15F2N3O5. The minimum absolute atomic E-state index is 0.0227. The van der Waals surface area contributed by atoms with Crippen molar-refractivity contribution in [3.63, 3.8) is 0 Å². The third-order valence-corrected chi connectivity index (χ3v) is 3.35. The van der Waals surface area contributed by atoms with Crippen LogP contribution >= 0.6 is 0 Å². The third kappa shape index (κ3) is 7.26. The van der Waals surface area contributed by atoms with Gasteiger partial charge in [-0.25, -0.2) is 13.6 Å². The number of hydrogen-bond acceptors (Lipinski definition) is 6. The molecule has 0 bridgehead atoms. The van der Waals surface area contributed by atoms with Gasteiger partial charge >= 0.3 is 5.97 Å². The molecule has 0 fully saturated rings. The molecule has 0 saturated carbocycles. The summed E-state index contributed by atoms with van der Waals surface area (Å²) in [5, 5.41) is 13.2. The minimum atomic E-state index is -1.12. The quantitative estimate of drug-likeness (QED) is 0.646. The number of nitriles is 1. The molecule has 0 saturated heterocycles. The number of nitrogens with zero attached hydrogens (tertiary/aromatic N) is 1. The van der Waals surface area contributed by atoms with Gasteiger partial charge in [-0.1, -0.05) is 0 Å². The Kier molecular flexibility index (Phi) is 7.61.